The lowest BCUT2D eigenvalue weighted by Gasteiger charge is -2.53. The van der Waals surface area contributed by atoms with Crippen molar-refractivity contribution in [3.8, 4) is 0 Å². The number of carbonyl (C=O) groups excluding carboxylic acids is 12. The summed E-state index contributed by atoms with van der Waals surface area (Å²) in [6.45, 7) is 13.3. The van der Waals surface area contributed by atoms with Crippen LogP contribution in [-0.2, 0) is 126 Å². The Morgan fingerprint density at radius 1 is 0.562 bits per heavy atom. The molecule has 2 heterocycles. The highest BCUT2D eigenvalue weighted by Gasteiger charge is 2.65. The summed E-state index contributed by atoms with van der Waals surface area (Å²) in [6.07, 6.45) is -18.4. The first-order valence-electron chi connectivity index (χ1n) is 25.3. The van der Waals surface area contributed by atoms with Crippen LogP contribution in [0.5, 0.6) is 0 Å². The summed E-state index contributed by atoms with van der Waals surface area (Å²) >= 11 is 0. The van der Waals surface area contributed by atoms with Crippen molar-refractivity contribution in [3.05, 3.63) is 35.9 Å². The molecule has 0 saturated carbocycles. The van der Waals surface area contributed by atoms with Crippen molar-refractivity contribution in [2.75, 3.05) is 34.0 Å². The lowest BCUT2D eigenvalue weighted by atomic mass is 9.85. The number of carbonyl (C=O) groups is 12. The minimum atomic E-state index is -3.16. The average molecular weight is 1160 g/mol. The molecule has 0 radical (unpaired) electrons. The van der Waals surface area contributed by atoms with Crippen LogP contribution < -0.4 is 0 Å². The minimum Gasteiger partial charge on any atom is -0.465 e. The molecule has 0 spiro atoms. The Hall–Kier alpha value is -6.72. The molecule has 2 fully saturated rings. The molecule has 0 bridgehead atoms. The van der Waals surface area contributed by atoms with E-state index in [1.165, 1.54) is 0 Å². The molecule has 4 amide bonds. The fraction of sp³-hybridized carbons (Fsp3) is 0.654. The number of rotatable bonds is 25. The molecular weight excluding hydrogens is 1080 g/mol. The predicted octanol–water partition coefficient (Wildman–Crippen LogP) is 2.01. The van der Waals surface area contributed by atoms with Gasteiger partial charge in [0.15, 0.2) is 18.3 Å². The highest BCUT2D eigenvalue weighted by molar-refractivity contribution is 6.76. The Labute approximate surface area is 464 Å². The Bertz CT molecular complexity index is 2400. The maximum Gasteiger partial charge on any atom is 0.366 e. The van der Waals surface area contributed by atoms with Gasteiger partial charge in [0.05, 0.1) is 40.3 Å². The van der Waals surface area contributed by atoms with Crippen molar-refractivity contribution in [1.29, 1.82) is 0 Å². The second kappa shape index (κ2) is 29.7. The number of ether oxygens (including phenoxy) is 13. The Balaban J connectivity index is 2.68. The van der Waals surface area contributed by atoms with Gasteiger partial charge in [-0.3, -0.25) is 57.7 Å². The molecule has 0 N–H and O–H groups in total. The highest BCUT2D eigenvalue weighted by Crippen LogP contribution is 2.44. The molecule has 2 aliphatic heterocycles. The summed E-state index contributed by atoms with van der Waals surface area (Å²) in [5.74, 6) is -19.0. The van der Waals surface area contributed by atoms with Crippen molar-refractivity contribution in [3.63, 3.8) is 0 Å². The van der Waals surface area contributed by atoms with Crippen LogP contribution in [0.25, 0.3) is 0 Å². The number of nitrogens with zero attached hydrogens (tertiary/aromatic N) is 2. The molecule has 1 aromatic rings. The van der Waals surface area contributed by atoms with Gasteiger partial charge in [0.1, 0.15) is 49.2 Å². The van der Waals surface area contributed by atoms with Gasteiger partial charge in [-0.15, -0.1) is 0 Å². The van der Waals surface area contributed by atoms with Crippen LogP contribution in [0.1, 0.15) is 87.6 Å². The number of benzene rings is 1. The van der Waals surface area contributed by atoms with Crippen molar-refractivity contribution < 1.29 is 119 Å². The van der Waals surface area contributed by atoms with Crippen LogP contribution in [0.15, 0.2) is 30.3 Å². The SMILES string of the molecule is COC(=O)[C@@]1(OCC[Si](C)(C)C)C[C@H](OC(C)=O)[C@@H](N(C(C)=O)C(C)=O)[C@H]([C@H](OC(C)=O)[C@@H](COCc2ccccc2)O[C@@]2(C(=O)OC)C[C@H](OC(C)=O)[C@@H](N(C(C)=O)C(C)=O)[C@H]([C@H](OC(C)=O)[C@@H](COC(C)=O)OC(C)=O)O2)O1. The van der Waals surface area contributed by atoms with Gasteiger partial charge in [0, 0.05) is 83.9 Å². The summed E-state index contributed by atoms with van der Waals surface area (Å²) in [6, 6.07) is 4.95. The van der Waals surface area contributed by atoms with Crippen LogP contribution in [0, 0.1) is 0 Å². The normalized spacial score (nSPS) is 24.1. The number of imide groups is 2. The van der Waals surface area contributed by atoms with Gasteiger partial charge < -0.3 is 61.6 Å². The first-order chi connectivity index (χ1) is 37.2. The van der Waals surface area contributed by atoms with E-state index in [0.29, 0.717) is 21.4 Å². The molecule has 28 heteroatoms. The van der Waals surface area contributed by atoms with Crippen molar-refractivity contribution in [2.24, 2.45) is 0 Å². The Morgan fingerprint density at radius 3 is 1.39 bits per heavy atom. The molecule has 1 aromatic carbocycles. The topological polar surface area (TPSA) is 331 Å². The molecule has 12 atom stereocenters. The van der Waals surface area contributed by atoms with E-state index in [-0.39, 0.29) is 13.2 Å². The quantitative estimate of drug-likeness (QED) is 0.0768. The van der Waals surface area contributed by atoms with Gasteiger partial charge in [-0.2, -0.15) is 0 Å². The van der Waals surface area contributed by atoms with Gasteiger partial charge in [0.2, 0.25) is 23.6 Å². The van der Waals surface area contributed by atoms with E-state index in [4.69, 9.17) is 61.6 Å². The summed E-state index contributed by atoms with van der Waals surface area (Å²) in [5.41, 5.74) is 0.536. The zero-order chi connectivity index (χ0) is 60.6. The van der Waals surface area contributed by atoms with Gasteiger partial charge in [-0.05, 0) is 11.6 Å². The number of methoxy groups -OCH3 is 2. The molecule has 27 nitrogen and oxygen atoms in total. The second-order valence-corrected chi connectivity index (χ2v) is 25.7. The lowest BCUT2D eigenvalue weighted by Crippen LogP contribution is -2.72. The first-order valence-corrected chi connectivity index (χ1v) is 29.0. The average Bonchev–Trinajstić information content (AvgIpc) is 3.33. The summed E-state index contributed by atoms with van der Waals surface area (Å²) in [4.78, 5) is 164. The number of esters is 8. The fourth-order valence-corrected chi connectivity index (χ4v) is 10.0. The molecule has 2 saturated heterocycles. The van der Waals surface area contributed by atoms with Crippen molar-refractivity contribution >= 4 is 79.5 Å². The number of amides is 4. The first kappa shape index (κ1) is 67.6. The number of hydrogen-bond acceptors (Lipinski definition) is 25. The van der Waals surface area contributed by atoms with E-state index in [1.54, 1.807) is 30.3 Å². The zero-order valence-electron chi connectivity index (χ0n) is 47.7. The predicted molar refractivity (Wildman–Crippen MR) is 272 cm³/mol. The van der Waals surface area contributed by atoms with Crippen LogP contribution >= 0.6 is 0 Å². The van der Waals surface area contributed by atoms with E-state index in [0.717, 1.165) is 83.5 Å². The molecule has 0 unspecified atom stereocenters. The standard InChI is InChI=1S/C52H74N2O25Si/c1-28(55)53(29(2)56)43-39(72-33(6)60)23-51(49(65)67-11,71-21-22-80(13,14)15)78-48(43)46(76-37(10)64)42(26-69-25-38-19-17-16-18-20-38)77-52(50(66)68-12)24-40(73-34(7)61)44(54(30(3)57)31(4)58)47(79-52)45(75-36(9)63)41(74-35(8)62)27-70-32(5)59/h16-20,39-48H,21-27H2,1-15H3/t39-,40-,41+,42+,43+,44+,45+,46+,47+,48+,51+,52-/m0/s1. The molecule has 80 heavy (non-hydrogen) atoms. The maximum absolute atomic E-state index is 15.0. The Kier molecular flexibility index (Phi) is 25.0. The summed E-state index contributed by atoms with van der Waals surface area (Å²) in [7, 11) is -0.158. The number of hydrogen-bond donors (Lipinski definition) is 0. The molecule has 2 aliphatic rings. The maximum atomic E-state index is 15.0. The monoisotopic (exact) mass is 1150 g/mol. The van der Waals surface area contributed by atoms with E-state index in [2.05, 4.69) is 0 Å². The van der Waals surface area contributed by atoms with E-state index in [9.17, 15) is 57.5 Å². The van der Waals surface area contributed by atoms with E-state index >= 15 is 0 Å². The molecule has 0 aliphatic carbocycles. The minimum absolute atomic E-state index is 0.192. The van der Waals surface area contributed by atoms with Crippen LogP contribution in [0.2, 0.25) is 25.7 Å². The third kappa shape index (κ3) is 18.7. The second-order valence-electron chi connectivity index (χ2n) is 20.1. The van der Waals surface area contributed by atoms with Crippen LogP contribution in [0.4, 0.5) is 0 Å². The van der Waals surface area contributed by atoms with E-state index < -0.39 is 178 Å². The molecular formula is C52H74N2O25Si. The summed E-state index contributed by atoms with van der Waals surface area (Å²) in [5, 5.41) is 0. The van der Waals surface area contributed by atoms with Crippen molar-refractivity contribution in [1.82, 2.24) is 9.80 Å². The van der Waals surface area contributed by atoms with Crippen molar-refractivity contribution in [2.45, 2.75) is 187 Å². The van der Waals surface area contributed by atoms with Crippen LogP contribution in [0.3, 0.4) is 0 Å². The molecule has 0 aromatic heterocycles. The third-order valence-electron chi connectivity index (χ3n) is 12.3. The van der Waals surface area contributed by atoms with Gasteiger partial charge in [-0.25, -0.2) is 9.59 Å². The van der Waals surface area contributed by atoms with Gasteiger partial charge in [0.25, 0.3) is 11.6 Å². The highest BCUT2D eigenvalue weighted by atomic mass is 28.3. The molecule has 446 valence electrons. The smallest absolute Gasteiger partial charge is 0.366 e. The van der Waals surface area contributed by atoms with Crippen LogP contribution in [-0.4, -0.2) is 196 Å². The fourth-order valence-electron chi connectivity index (χ4n) is 9.33. The van der Waals surface area contributed by atoms with E-state index in [1.807, 2.05) is 19.6 Å². The lowest BCUT2D eigenvalue weighted by molar-refractivity contribution is -0.353. The Morgan fingerprint density at radius 2 is 0.988 bits per heavy atom. The van der Waals surface area contributed by atoms with Gasteiger partial charge in [-0.1, -0.05) is 50.0 Å². The summed E-state index contributed by atoms with van der Waals surface area (Å²) < 4.78 is 77.3. The zero-order valence-corrected chi connectivity index (χ0v) is 48.7. The molecule has 3 rings (SSSR count). The largest absolute Gasteiger partial charge is 0.465 e. The van der Waals surface area contributed by atoms with Gasteiger partial charge >= 0.3 is 47.8 Å². The third-order valence-corrected chi connectivity index (χ3v) is 14.0.